The van der Waals surface area contributed by atoms with Gasteiger partial charge in [-0.1, -0.05) is 12.1 Å². The molecule has 0 amide bonds. The lowest BCUT2D eigenvalue weighted by atomic mass is 9.99. The van der Waals surface area contributed by atoms with Crippen molar-refractivity contribution in [2.45, 2.75) is 25.9 Å². The summed E-state index contributed by atoms with van der Waals surface area (Å²) < 4.78 is 5.39. The van der Waals surface area contributed by atoms with E-state index in [9.17, 15) is 4.79 Å². The highest BCUT2D eigenvalue weighted by Crippen LogP contribution is 2.23. The van der Waals surface area contributed by atoms with Crippen molar-refractivity contribution < 1.29 is 14.6 Å². The number of hydrogen-bond donors (Lipinski definition) is 3. The molecule has 2 atom stereocenters. The van der Waals surface area contributed by atoms with Crippen LogP contribution in [0.1, 0.15) is 24.1 Å². The molecule has 0 fully saturated rings. The quantitative estimate of drug-likeness (QED) is 0.705. The molecule has 0 spiro atoms. The van der Waals surface area contributed by atoms with E-state index in [1.165, 1.54) is 0 Å². The molecule has 0 aromatic heterocycles. The molecule has 5 nitrogen and oxygen atoms in total. The normalized spacial score (nSPS) is 14.1. The Hall–Kier alpha value is -1.59. The average molecular weight is 238 g/mol. The lowest BCUT2D eigenvalue weighted by Crippen LogP contribution is -2.40. The summed E-state index contributed by atoms with van der Waals surface area (Å²) in [7, 11) is 0. The fourth-order valence-electron chi connectivity index (χ4n) is 1.56. The van der Waals surface area contributed by atoms with Gasteiger partial charge in [0.2, 0.25) is 0 Å². The fourth-order valence-corrected chi connectivity index (χ4v) is 1.56. The topological polar surface area (TPSA) is 98.6 Å². The van der Waals surface area contributed by atoms with E-state index in [0.29, 0.717) is 12.2 Å². The maximum Gasteiger partial charge on any atom is 0.322 e. The summed E-state index contributed by atoms with van der Waals surface area (Å²) in [6.07, 6.45) is 0. The predicted molar refractivity (Wildman–Crippen MR) is 64.9 cm³/mol. The zero-order valence-corrected chi connectivity index (χ0v) is 10.0. The average Bonchev–Trinajstić information content (AvgIpc) is 2.30. The SMILES string of the molecule is CCOc1ccc(C(N)C(N)C(=O)O)cc1C. The van der Waals surface area contributed by atoms with Gasteiger partial charge in [0.25, 0.3) is 0 Å². The van der Waals surface area contributed by atoms with E-state index in [1.807, 2.05) is 13.8 Å². The van der Waals surface area contributed by atoms with Crippen LogP contribution in [0.2, 0.25) is 0 Å². The van der Waals surface area contributed by atoms with Crippen LogP contribution in [0.15, 0.2) is 18.2 Å². The van der Waals surface area contributed by atoms with Gasteiger partial charge in [-0.25, -0.2) is 0 Å². The smallest absolute Gasteiger partial charge is 0.322 e. The maximum atomic E-state index is 10.7. The highest BCUT2D eigenvalue weighted by molar-refractivity contribution is 5.74. The van der Waals surface area contributed by atoms with Gasteiger partial charge in [0.15, 0.2) is 0 Å². The van der Waals surface area contributed by atoms with Crippen molar-refractivity contribution in [1.29, 1.82) is 0 Å². The number of aliphatic carboxylic acids is 1. The molecule has 94 valence electrons. The molecular weight excluding hydrogens is 220 g/mol. The summed E-state index contributed by atoms with van der Waals surface area (Å²) >= 11 is 0. The van der Waals surface area contributed by atoms with Gasteiger partial charge in [-0.15, -0.1) is 0 Å². The van der Waals surface area contributed by atoms with Gasteiger partial charge in [-0.3, -0.25) is 4.79 Å². The molecule has 1 aromatic carbocycles. The van der Waals surface area contributed by atoms with Crippen molar-refractivity contribution in [1.82, 2.24) is 0 Å². The van der Waals surface area contributed by atoms with Crippen LogP contribution >= 0.6 is 0 Å². The highest BCUT2D eigenvalue weighted by Gasteiger charge is 2.22. The number of carboxylic acids is 1. The van der Waals surface area contributed by atoms with Gasteiger partial charge in [0, 0.05) is 0 Å². The Morgan fingerprint density at radius 1 is 1.47 bits per heavy atom. The van der Waals surface area contributed by atoms with E-state index < -0.39 is 18.1 Å². The standard InChI is InChI=1S/C12H18N2O3/c1-3-17-9-5-4-8(6-7(9)2)10(13)11(14)12(15)16/h4-6,10-11H,3,13-14H2,1-2H3,(H,15,16). The predicted octanol–water partition coefficient (Wildman–Crippen LogP) is 0.805. The molecule has 5 N–H and O–H groups in total. The monoisotopic (exact) mass is 238 g/mol. The molecule has 17 heavy (non-hydrogen) atoms. The van der Waals surface area contributed by atoms with Crippen LogP contribution in [0.3, 0.4) is 0 Å². The maximum absolute atomic E-state index is 10.7. The Bertz CT molecular complexity index is 407. The van der Waals surface area contributed by atoms with Crippen molar-refractivity contribution >= 4 is 5.97 Å². The van der Waals surface area contributed by atoms with Crippen LogP contribution in [0, 0.1) is 6.92 Å². The van der Waals surface area contributed by atoms with Crippen LogP contribution in [0.4, 0.5) is 0 Å². The molecule has 0 saturated carbocycles. The minimum absolute atomic E-state index is 0.584. The van der Waals surface area contributed by atoms with E-state index in [0.717, 1.165) is 11.3 Å². The third-order valence-corrected chi connectivity index (χ3v) is 2.56. The van der Waals surface area contributed by atoms with Crippen molar-refractivity contribution in [2.24, 2.45) is 11.5 Å². The minimum atomic E-state index is -1.11. The van der Waals surface area contributed by atoms with E-state index in [1.54, 1.807) is 18.2 Å². The molecule has 2 unspecified atom stereocenters. The summed E-state index contributed by atoms with van der Waals surface area (Å²) in [6.45, 7) is 4.37. The summed E-state index contributed by atoms with van der Waals surface area (Å²) in [4.78, 5) is 10.7. The zero-order chi connectivity index (χ0) is 13.0. The van der Waals surface area contributed by atoms with Crippen molar-refractivity contribution in [3.05, 3.63) is 29.3 Å². The largest absolute Gasteiger partial charge is 0.494 e. The van der Waals surface area contributed by atoms with Gasteiger partial charge in [-0.2, -0.15) is 0 Å². The van der Waals surface area contributed by atoms with Gasteiger partial charge in [0.05, 0.1) is 12.6 Å². The Balaban J connectivity index is 2.93. The van der Waals surface area contributed by atoms with Crippen LogP contribution in [-0.2, 0) is 4.79 Å². The molecular formula is C12H18N2O3. The highest BCUT2D eigenvalue weighted by atomic mass is 16.5. The van der Waals surface area contributed by atoms with Crippen molar-refractivity contribution in [2.75, 3.05) is 6.61 Å². The Morgan fingerprint density at radius 2 is 2.12 bits per heavy atom. The second-order valence-corrected chi connectivity index (χ2v) is 3.85. The van der Waals surface area contributed by atoms with E-state index in [-0.39, 0.29) is 0 Å². The third-order valence-electron chi connectivity index (χ3n) is 2.56. The first-order valence-electron chi connectivity index (χ1n) is 5.44. The van der Waals surface area contributed by atoms with Gasteiger partial charge in [0.1, 0.15) is 11.8 Å². The molecule has 0 aliphatic heterocycles. The second-order valence-electron chi connectivity index (χ2n) is 3.85. The molecule has 1 rings (SSSR count). The third kappa shape index (κ3) is 3.18. The van der Waals surface area contributed by atoms with Crippen LogP contribution in [0.25, 0.3) is 0 Å². The zero-order valence-electron chi connectivity index (χ0n) is 10.0. The molecule has 0 aliphatic carbocycles. The number of carbonyl (C=O) groups is 1. The minimum Gasteiger partial charge on any atom is -0.494 e. The van der Waals surface area contributed by atoms with E-state index in [4.69, 9.17) is 21.3 Å². The fraction of sp³-hybridized carbons (Fsp3) is 0.417. The number of nitrogens with two attached hydrogens (primary N) is 2. The summed E-state index contributed by atoms with van der Waals surface area (Å²) in [5.74, 6) is -0.337. The molecule has 1 aromatic rings. The van der Waals surface area contributed by atoms with Crippen LogP contribution in [-0.4, -0.2) is 23.7 Å². The molecule has 0 aliphatic rings. The Kier molecular flexibility index (Phi) is 4.48. The first-order valence-corrected chi connectivity index (χ1v) is 5.44. The van der Waals surface area contributed by atoms with Crippen molar-refractivity contribution in [3.8, 4) is 5.75 Å². The van der Waals surface area contributed by atoms with E-state index in [2.05, 4.69) is 0 Å². The number of benzene rings is 1. The second kappa shape index (κ2) is 5.65. The van der Waals surface area contributed by atoms with Crippen LogP contribution in [0.5, 0.6) is 5.75 Å². The number of hydrogen-bond acceptors (Lipinski definition) is 4. The summed E-state index contributed by atoms with van der Waals surface area (Å²) in [5.41, 5.74) is 12.9. The molecule has 0 heterocycles. The Labute approximate surface area is 100 Å². The Morgan fingerprint density at radius 3 is 2.59 bits per heavy atom. The van der Waals surface area contributed by atoms with Gasteiger partial charge >= 0.3 is 5.97 Å². The van der Waals surface area contributed by atoms with E-state index >= 15 is 0 Å². The summed E-state index contributed by atoms with van der Waals surface area (Å²) in [5, 5.41) is 8.79. The molecule has 0 saturated heterocycles. The number of rotatable bonds is 5. The lowest BCUT2D eigenvalue weighted by Gasteiger charge is -2.17. The van der Waals surface area contributed by atoms with Crippen LogP contribution < -0.4 is 16.2 Å². The van der Waals surface area contributed by atoms with Gasteiger partial charge in [-0.05, 0) is 31.0 Å². The summed E-state index contributed by atoms with van der Waals surface area (Å²) in [6, 6.07) is 3.50. The van der Waals surface area contributed by atoms with Crippen molar-refractivity contribution in [3.63, 3.8) is 0 Å². The van der Waals surface area contributed by atoms with Gasteiger partial charge < -0.3 is 21.3 Å². The molecule has 5 heteroatoms. The molecule has 0 bridgehead atoms. The lowest BCUT2D eigenvalue weighted by molar-refractivity contribution is -0.139. The number of ether oxygens (including phenoxy) is 1. The first-order chi connectivity index (χ1) is 7.97. The molecule has 0 radical (unpaired) electrons. The number of aryl methyl sites for hydroxylation is 1. The number of carboxylic acid groups (broad SMARTS) is 1. The first kappa shape index (κ1) is 13.5.